The Morgan fingerprint density at radius 3 is 2.52 bits per heavy atom. The SMILES string of the molecule is CN1C(=O)C(Br)=C(F)[C@]2(C)[C@H]3CC[C@]4(C)[C@@H](NC5CC5)CC[C@H]4[C@@H]3CC[C@@H]12. The van der Waals surface area contributed by atoms with Crippen molar-refractivity contribution in [3.63, 3.8) is 0 Å². The number of carbonyl (C=O) groups excluding carboxylic acids is 1. The van der Waals surface area contributed by atoms with E-state index in [4.69, 9.17) is 0 Å². The second kappa shape index (κ2) is 6.04. The average molecular weight is 439 g/mol. The summed E-state index contributed by atoms with van der Waals surface area (Å²) < 4.78 is 15.7. The van der Waals surface area contributed by atoms with Gasteiger partial charge in [-0.2, -0.15) is 0 Å². The molecule has 1 heterocycles. The van der Waals surface area contributed by atoms with E-state index in [1.807, 2.05) is 11.9 Å². The molecule has 0 spiro atoms. The van der Waals surface area contributed by atoms with Crippen molar-refractivity contribution < 1.29 is 9.18 Å². The van der Waals surface area contributed by atoms with Gasteiger partial charge >= 0.3 is 0 Å². The summed E-state index contributed by atoms with van der Waals surface area (Å²) in [6, 6.07) is 1.40. The van der Waals surface area contributed by atoms with Crippen molar-refractivity contribution >= 4 is 21.8 Å². The van der Waals surface area contributed by atoms with Gasteiger partial charge in [0.15, 0.2) is 0 Å². The molecule has 5 aliphatic rings. The Morgan fingerprint density at radius 2 is 1.81 bits per heavy atom. The molecule has 1 aliphatic heterocycles. The monoisotopic (exact) mass is 438 g/mol. The van der Waals surface area contributed by atoms with Crippen LogP contribution >= 0.6 is 15.9 Å². The van der Waals surface area contributed by atoms with Gasteiger partial charge in [-0.25, -0.2) is 4.39 Å². The normalized spacial score (nSPS) is 49.7. The first-order chi connectivity index (χ1) is 12.8. The molecule has 0 unspecified atom stereocenters. The second-order valence-electron chi connectivity index (χ2n) is 10.4. The number of likely N-dealkylation sites (N-methyl/N-ethyl adjacent to an activating group) is 1. The Balaban J connectivity index is 1.48. The fourth-order valence-electron chi connectivity index (χ4n) is 7.67. The van der Waals surface area contributed by atoms with E-state index in [1.165, 1.54) is 32.1 Å². The van der Waals surface area contributed by atoms with E-state index in [1.54, 1.807) is 0 Å². The number of nitrogens with one attached hydrogen (secondary N) is 1. The standard InChI is InChI=1S/C22H32BrFN2O/c1-21-11-10-15-13(14(21)7-8-16(21)25-12-4-5-12)6-9-17-22(15,2)19(24)18(23)20(27)26(17)3/h12-17,25H,4-11H2,1-3H3/t13-,14-,15-,16-,17+,21-,22+/m0/s1. The van der Waals surface area contributed by atoms with E-state index < -0.39 is 5.41 Å². The Morgan fingerprint density at radius 1 is 1.07 bits per heavy atom. The Bertz CT molecular complexity index is 706. The highest BCUT2D eigenvalue weighted by Gasteiger charge is 2.63. The van der Waals surface area contributed by atoms with E-state index in [-0.39, 0.29) is 22.3 Å². The lowest BCUT2D eigenvalue weighted by Crippen LogP contribution is -2.62. The van der Waals surface area contributed by atoms with Gasteiger partial charge in [-0.05, 0) is 90.5 Å². The van der Waals surface area contributed by atoms with Crippen molar-refractivity contribution in [2.75, 3.05) is 7.05 Å². The van der Waals surface area contributed by atoms with Crippen molar-refractivity contribution in [2.24, 2.45) is 28.6 Å². The molecule has 5 heteroatoms. The Labute approximate surface area is 170 Å². The molecular formula is C22H32BrFN2O. The largest absolute Gasteiger partial charge is 0.337 e. The van der Waals surface area contributed by atoms with Gasteiger partial charge in [0.25, 0.3) is 5.91 Å². The number of halogens is 2. The van der Waals surface area contributed by atoms with E-state index in [0.717, 1.165) is 25.3 Å². The number of carbonyl (C=O) groups is 1. The number of nitrogens with zero attached hydrogens (tertiary/aromatic N) is 1. The summed E-state index contributed by atoms with van der Waals surface area (Å²) in [7, 11) is 1.86. The van der Waals surface area contributed by atoms with Crippen LogP contribution in [0.3, 0.4) is 0 Å². The highest BCUT2D eigenvalue weighted by atomic mass is 79.9. The van der Waals surface area contributed by atoms with Crippen LogP contribution in [0.4, 0.5) is 4.39 Å². The Hall–Kier alpha value is -0.420. The van der Waals surface area contributed by atoms with Crippen LogP contribution < -0.4 is 5.32 Å². The molecule has 4 aliphatic carbocycles. The molecule has 4 saturated carbocycles. The fraction of sp³-hybridized carbons (Fsp3) is 0.864. The van der Waals surface area contributed by atoms with E-state index in [0.29, 0.717) is 29.2 Å². The van der Waals surface area contributed by atoms with Crippen LogP contribution in [0.5, 0.6) is 0 Å². The van der Waals surface area contributed by atoms with Crippen molar-refractivity contribution in [2.45, 2.75) is 83.3 Å². The van der Waals surface area contributed by atoms with E-state index in [2.05, 4.69) is 35.1 Å². The van der Waals surface area contributed by atoms with Gasteiger partial charge in [0.1, 0.15) is 10.3 Å². The summed E-state index contributed by atoms with van der Waals surface area (Å²) in [6.07, 6.45) is 9.59. The van der Waals surface area contributed by atoms with Crippen LogP contribution in [0.15, 0.2) is 10.3 Å². The lowest BCUT2D eigenvalue weighted by Gasteiger charge is -2.60. The maximum absolute atomic E-state index is 15.6. The van der Waals surface area contributed by atoms with E-state index in [9.17, 15) is 4.79 Å². The van der Waals surface area contributed by atoms with Crippen LogP contribution in [0, 0.1) is 28.6 Å². The summed E-state index contributed by atoms with van der Waals surface area (Å²) in [5.74, 6) is 1.25. The molecule has 0 aromatic carbocycles. The lowest BCUT2D eigenvalue weighted by molar-refractivity contribution is -0.142. The molecule has 3 nitrogen and oxygen atoms in total. The molecule has 4 fully saturated rings. The van der Waals surface area contributed by atoms with Crippen LogP contribution in [-0.4, -0.2) is 36.0 Å². The molecule has 5 rings (SSSR count). The topological polar surface area (TPSA) is 32.3 Å². The van der Waals surface area contributed by atoms with Crippen LogP contribution in [0.1, 0.15) is 65.2 Å². The molecule has 0 radical (unpaired) electrons. The first kappa shape index (κ1) is 18.6. The van der Waals surface area contributed by atoms with Crippen molar-refractivity contribution in [3.8, 4) is 0 Å². The van der Waals surface area contributed by atoms with Crippen LogP contribution in [0.2, 0.25) is 0 Å². The molecule has 0 aromatic rings. The number of rotatable bonds is 2. The third kappa shape index (κ3) is 2.43. The van der Waals surface area contributed by atoms with E-state index >= 15 is 4.39 Å². The first-order valence-electron chi connectivity index (χ1n) is 10.9. The fourth-order valence-corrected chi connectivity index (χ4v) is 8.38. The second-order valence-corrected chi connectivity index (χ2v) is 11.2. The summed E-state index contributed by atoms with van der Waals surface area (Å²) >= 11 is 3.29. The van der Waals surface area contributed by atoms with Gasteiger partial charge in [-0.15, -0.1) is 0 Å². The third-order valence-corrected chi connectivity index (χ3v) is 10.0. The van der Waals surface area contributed by atoms with Gasteiger partial charge in [-0.3, -0.25) is 4.79 Å². The zero-order valence-corrected chi connectivity index (χ0v) is 18.3. The Kier molecular flexibility index (Phi) is 4.16. The molecule has 0 bridgehead atoms. The molecule has 1 N–H and O–H groups in total. The van der Waals surface area contributed by atoms with Crippen molar-refractivity contribution in [1.29, 1.82) is 0 Å². The summed E-state index contributed by atoms with van der Waals surface area (Å²) in [4.78, 5) is 14.3. The third-order valence-electron chi connectivity index (χ3n) is 9.33. The van der Waals surface area contributed by atoms with Gasteiger partial charge in [-0.1, -0.05) is 13.8 Å². The smallest absolute Gasteiger partial charge is 0.263 e. The van der Waals surface area contributed by atoms with Gasteiger partial charge < -0.3 is 10.2 Å². The minimum absolute atomic E-state index is 0.00121. The molecule has 27 heavy (non-hydrogen) atoms. The molecule has 150 valence electrons. The molecule has 0 saturated heterocycles. The quantitative estimate of drug-likeness (QED) is 0.673. The first-order valence-corrected chi connectivity index (χ1v) is 11.7. The van der Waals surface area contributed by atoms with Gasteiger partial charge in [0.2, 0.25) is 0 Å². The molecule has 1 amide bonds. The molecule has 0 aromatic heterocycles. The van der Waals surface area contributed by atoms with Gasteiger partial charge in [0.05, 0.1) is 0 Å². The van der Waals surface area contributed by atoms with Crippen LogP contribution in [-0.2, 0) is 4.79 Å². The highest BCUT2D eigenvalue weighted by Crippen LogP contribution is 2.66. The lowest BCUT2D eigenvalue weighted by atomic mass is 9.48. The predicted molar refractivity (Wildman–Crippen MR) is 108 cm³/mol. The zero-order valence-electron chi connectivity index (χ0n) is 16.7. The number of hydrogen-bond acceptors (Lipinski definition) is 2. The molecular weight excluding hydrogens is 407 g/mol. The van der Waals surface area contributed by atoms with Crippen molar-refractivity contribution in [1.82, 2.24) is 10.2 Å². The number of amides is 1. The minimum atomic E-state index is -0.534. The number of fused-ring (bicyclic) bond motifs is 5. The van der Waals surface area contributed by atoms with Crippen LogP contribution in [0.25, 0.3) is 0 Å². The number of hydrogen-bond donors (Lipinski definition) is 1. The summed E-state index contributed by atoms with van der Waals surface area (Å²) in [5.41, 5.74) is -0.172. The van der Waals surface area contributed by atoms with Crippen molar-refractivity contribution in [3.05, 3.63) is 10.3 Å². The predicted octanol–water partition coefficient (Wildman–Crippen LogP) is 4.77. The maximum atomic E-state index is 15.6. The summed E-state index contributed by atoms with van der Waals surface area (Å²) in [5, 5.41) is 3.94. The average Bonchev–Trinajstić information content (AvgIpc) is 3.40. The maximum Gasteiger partial charge on any atom is 0.263 e. The highest BCUT2D eigenvalue weighted by molar-refractivity contribution is 9.12. The zero-order chi connectivity index (χ0) is 19.1. The minimum Gasteiger partial charge on any atom is -0.337 e. The van der Waals surface area contributed by atoms with Gasteiger partial charge in [0, 0.05) is 30.6 Å². The molecule has 7 atom stereocenters. The summed E-state index contributed by atoms with van der Waals surface area (Å²) in [6.45, 7) is 4.61.